The number of hydrogen-bond donors (Lipinski definition) is 3. The van der Waals surface area contributed by atoms with Crippen molar-refractivity contribution in [1.29, 1.82) is 0 Å². The third-order valence-corrected chi connectivity index (χ3v) is 7.14. The average molecular weight is 553 g/mol. The molecule has 5 heterocycles. The molecule has 0 bridgehead atoms. The molecule has 3 aliphatic heterocycles. The predicted molar refractivity (Wildman–Crippen MR) is 154 cm³/mol. The molecule has 3 N–H and O–H groups in total. The van der Waals surface area contributed by atoms with Crippen molar-refractivity contribution in [3.63, 3.8) is 0 Å². The van der Waals surface area contributed by atoms with Crippen molar-refractivity contribution >= 4 is 23.1 Å². The van der Waals surface area contributed by atoms with Crippen LogP contribution in [0.5, 0.6) is 0 Å². The molecule has 0 saturated carbocycles. The summed E-state index contributed by atoms with van der Waals surface area (Å²) in [5.41, 5.74) is 3.46. The third-order valence-electron chi connectivity index (χ3n) is 7.14. The van der Waals surface area contributed by atoms with Crippen molar-refractivity contribution in [2.75, 3.05) is 55.4 Å². The standard InChI is InChI=1S/C25H29F2N7.C4H9NO/c1-14-29-23-17(26)10-16(11-20(23)34(14)25(2,3)4)22-18(27)12-28-24(32-22)31-21-7-6-15-13-33(5)9-8-19(15)30-21;1-3-6-4-2-5-1/h6-7,10-12,14,29H,8-9,13H2,1-5H3,(H,28,30,31,32);5H,1-4H2. The maximum Gasteiger partial charge on any atom is 0.229 e. The molecule has 0 radical (unpaired) electrons. The molecule has 3 aliphatic rings. The maximum atomic E-state index is 15.1. The quantitative estimate of drug-likeness (QED) is 0.434. The number of nitrogens with zero attached hydrogens (tertiary/aromatic N) is 5. The Morgan fingerprint density at radius 2 is 1.85 bits per heavy atom. The summed E-state index contributed by atoms with van der Waals surface area (Å²) in [6.45, 7) is 13.8. The third kappa shape index (κ3) is 6.16. The fraction of sp³-hybridized carbons (Fsp3) is 0.483. The average Bonchev–Trinajstić information content (AvgIpc) is 3.28. The Bertz CT molecular complexity index is 1350. The van der Waals surface area contributed by atoms with E-state index in [1.807, 2.05) is 19.1 Å². The number of halogens is 2. The first-order chi connectivity index (χ1) is 19.1. The molecule has 1 fully saturated rings. The summed E-state index contributed by atoms with van der Waals surface area (Å²) in [5.74, 6) is -0.262. The highest BCUT2D eigenvalue weighted by molar-refractivity contribution is 5.82. The number of benzene rings is 1. The topological polar surface area (TPSA) is 90.5 Å². The lowest BCUT2D eigenvalue weighted by atomic mass is 10.0. The molecule has 6 rings (SSSR count). The second kappa shape index (κ2) is 11.6. The second-order valence-corrected chi connectivity index (χ2v) is 11.4. The largest absolute Gasteiger partial charge is 0.379 e. The minimum absolute atomic E-state index is 0.0344. The van der Waals surface area contributed by atoms with Crippen LogP contribution in [-0.2, 0) is 17.7 Å². The Morgan fingerprint density at radius 1 is 1.07 bits per heavy atom. The number of likely N-dealkylation sites (N-methyl/N-ethyl adjacent to an activating group) is 1. The van der Waals surface area contributed by atoms with Gasteiger partial charge >= 0.3 is 0 Å². The molecule has 3 aromatic rings. The van der Waals surface area contributed by atoms with Crippen LogP contribution in [0.2, 0.25) is 0 Å². The number of rotatable bonds is 3. The van der Waals surface area contributed by atoms with E-state index in [-0.39, 0.29) is 23.3 Å². The normalized spacial score (nSPS) is 18.8. The molecular formula is C29H38F2N8O. The predicted octanol–water partition coefficient (Wildman–Crippen LogP) is 4.53. The van der Waals surface area contributed by atoms with Gasteiger partial charge in [-0.15, -0.1) is 0 Å². The van der Waals surface area contributed by atoms with E-state index in [1.54, 1.807) is 6.07 Å². The van der Waals surface area contributed by atoms with Crippen molar-refractivity contribution in [3.05, 3.63) is 53.4 Å². The first kappa shape index (κ1) is 28.1. The van der Waals surface area contributed by atoms with Gasteiger partial charge in [-0.2, -0.15) is 0 Å². The van der Waals surface area contributed by atoms with Gasteiger partial charge < -0.3 is 30.5 Å². The van der Waals surface area contributed by atoms with Crippen molar-refractivity contribution in [1.82, 2.24) is 25.2 Å². The van der Waals surface area contributed by atoms with Crippen LogP contribution < -0.4 is 20.9 Å². The van der Waals surface area contributed by atoms with Gasteiger partial charge in [0.25, 0.3) is 0 Å². The van der Waals surface area contributed by atoms with Gasteiger partial charge in [0.1, 0.15) is 17.3 Å². The van der Waals surface area contributed by atoms with Crippen molar-refractivity contribution in [2.24, 2.45) is 0 Å². The van der Waals surface area contributed by atoms with E-state index in [9.17, 15) is 4.39 Å². The Hall–Kier alpha value is -3.41. The number of ether oxygens (including phenoxy) is 1. The van der Waals surface area contributed by atoms with Crippen LogP contribution >= 0.6 is 0 Å². The van der Waals surface area contributed by atoms with Gasteiger partial charge in [-0.3, -0.25) is 0 Å². The molecule has 0 aliphatic carbocycles. The Kier molecular flexibility index (Phi) is 8.16. The molecule has 0 spiro atoms. The summed E-state index contributed by atoms with van der Waals surface area (Å²) in [6, 6.07) is 7.00. The minimum atomic E-state index is -0.618. The van der Waals surface area contributed by atoms with Gasteiger partial charge in [0.05, 0.1) is 37.0 Å². The fourth-order valence-electron chi connectivity index (χ4n) is 5.37. The van der Waals surface area contributed by atoms with Gasteiger partial charge in [0.15, 0.2) is 5.82 Å². The Labute approximate surface area is 234 Å². The lowest BCUT2D eigenvalue weighted by molar-refractivity contribution is 0.109. The summed E-state index contributed by atoms with van der Waals surface area (Å²) >= 11 is 0. The Morgan fingerprint density at radius 3 is 2.52 bits per heavy atom. The molecule has 1 saturated heterocycles. The van der Waals surface area contributed by atoms with Gasteiger partial charge in [0, 0.05) is 49.4 Å². The van der Waals surface area contributed by atoms with Gasteiger partial charge in [-0.25, -0.2) is 23.7 Å². The fourth-order valence-corrected chi connectivity index (χ4v) is 5.37. The molecular weight excluding hydrogens is 514 g/mol. The van der Waals surface area contributed by atoms with Crippen LogP contribution in [0.3, 0.4) is 0 Å². The molecule has 214 valence electrons. The smallest absolute Gasteiger partial charge is 0.229 e. The van der Waals surface area contributed by atoms with E-state index in [1.165, 1.54) is 11.6 Å². The van der Waals surface area contributed by atoms with Crippen molar-refractivity contribution < 1.29 is 13.5 Å². The number of hydrogen-bond acceptors (Lipinski definition) is 9. The van der Waals surface area contributed by atoms with E-state index < -0.39 is 11.6 Å². The van der Waals surface area contributed by atoms with Gasteiger partial charge in [0.2, 0.25) is 5.95 Å². The maximum absolute atomic E-state index is 15.1. The molecule has 0 amide bonds. The molecule has 9 nitrogen and oxygen atoms in total. The lowest BCUT2D eigenvalue weighted by Crippen LogP contribution is -2.46. The highest BCUT2D eigenvalue weighted by Crippen LogP contribution is 2.43. The Balaban J connectivity index is 0.000000477. The first-order valence-corrected chi connectivity index (χ1v) is 13.8. The van der Waals surface area contributed by atoms with Gasteiger partial charge in [-0.05, 0) is 58.5 Å². The molecule has 1 atom stereocenters. The van der Waals surface area contributed by atoms with Crippen LogP contribution in [0.4, 0.5) is 31.9 Å². The van der Waals surface area contributed by atoms with Crippen LogP contribution in [0, 0.1) is 11.6 Å². The number of pyridine rings is 1. The second-order valence-electron chi connectivity index (χ2n) is 11.4. The van der Waals surface area contributed by atoms with Crippen LogP contribution in [0.1, 0.15) is 39.0 Å². The van der Waals surface area contributed by atoms with E-state index in [2.05, 4.69) is 68.5 Å². The summed E-state index contributed by atoms with van der Waals surface area (Å²) < 4.78 is 34.9. The summed E-state index contributed by atoms with van der Waals surface area (Å²) in [4.78, 5) is 17.5. The highest BCUT2D eigenvalue weighted by atomic mass is 19.1. The van der Waals surface area contributed by atoms with E-state index in [4.69, 9.17) is 4.74 Å². The molecule has 2 aromatic heterocycles. The molecule has 40 heavy (non-hydrogen) atoms. The van der Waals surface area contributed by atoms with Crippen LogP contribution in [-0.4, -0.2) is 71.5 Å². The van der Waals surface area contributed by atoms with E-state index in [0.29, 0.717) is 22.8 Å². The van der Waals surface area contributed by atoms with Crippen molar-refractivity contribution in [3.8, 4) is 11.3 Å². The number of aromatic nitrogens is 3. The van der Waals surface area contributed by atoms with Crippen LogP contribution in [0.15, 0.2) is 30.5 Å². The molecule has 11 heteroatoms. The first-order valence-electron chi connectivity index (χ1n) is 13.8. The highest BCUT2D eigenvalue weighted by Gasteiger charge is 2.36. The number of fused-ring (bicyclic) bond motifs is 2. The zero-order chi connectivity index (χ0) is 28.4. The number of anilines is 4. The monoisotopic (exact) mass is 552 g/mol. The van der Waals surface area contributed by atoms with Crippen LogP contribution in [0.25, 0.3) is 11.3 Å². The lowest BCUT2D eigenvalue weighted by Gasteiger charge is -2.37. The number of nitrogens with one attached hydrogen (secondary N) is 3. The van der Waals surface area contributed by atoms with E-state index >= 15 is 4.39 Å². The van der Waals surface area contributed by atoms with Gasteiger partial charge in [-0.1, -0.05) is 6.07 Å². The van der Waals surface area contributed by atoms with Crippen molar-refractivity contribution in [2.45, 2.75) is 52.4 Å². The molecule has 1 aromatic carbocycles. The molecule has 1 unspecified atom stereocenters. The zero-order valence-corrected chi connectivity index (χ0v) is 23.8. The zero-order valence-electron chi connectivity index (χ0n) is 23.8. The van der Waals surface area contributed by atoms with E-state index in [0.717, 1.165) is 57.7 Å². The summed E-state index contributed by atoms with van der Waals surface area (Å²) in [5, 5.41) is 9.43. The summed E-state index contributed by atoms with van der Waals surface area (Å²) in [7, 11) is 2.09. The SMILES string of the molecule is C1COCCN1.CC1Nc2c(F)cc(-c3nc(Nc4ccc5c(n4)CCN(C)C5)ncc3F)cc2N1C(C)(C)C. The number of morpholine rings is 1. The minimum Gasteiger partial charge on any atom is -0.379 e. The summed E-state index contributed by atoms with van der Waals surface area (Å²) in [6.07, 6.45) is 1.87.